The number of pyridine rings is 1. The van der Waals surface area contributed by atoms with E-state index in [4.69, 9.17) is 21.1 Å². The standard InChI is InChI=1S/C19H17ClN8O3/c1-11-6-23-15(8-22-11)27-18(29)14(9-30-2)31-19-12-7-26-28(16(12)24-10-25-19)17-13(20)4-3-5-21-17/h3-8,10,14H,9H2,1-2H3,(H,23,27,29)/t14-/m0/s1. The van der Waals surface area contributed by atoms with Crippen LogP contribution < -0.4 is 10.1 Å². The zero-order valence-electron chi connectivity index (χ0n) is 16.6. The van der Waals surface area contributed by atoms with Gasteiger partial charge in [-0.1, -0.05) is 11.6 Å². The summed E-state index contributed by atoms with van der Waals surface area (Å²) in [6.45, 7) is 1.78. The quantitative estimate of drug-likeness (QED) is 0.458. The molecule has 0 aliphatic carbocycles. The molecule has 0 spiro atoms. The third-order valence-corrected chi connectivity index (χ3v) is 4.46. The van der Waals surface area contributed by atoms with Crippen molar-refractivity contribution >= 4 is 34.4 Å². The van der Waals surface area contributed by atoms with Gasteiger partial charge in [0.15, 0.2) is 17.3 Å². The molecule has 1 N–H and O–H groups in total. The molecular weight excluding hydrogens is 424 g/mol. The van der Waals surface area contributed by atoms with Crippen LogP contribution in [0, 0.1) is 6.92 Å². The van der Waals surface area contributed by atoms with E-state index in [0.717, 1.165) is 5.69 Å². The second-order valence-electron chi connectivity index (χ2n) is 6.38. The number of fused-ring (bicyclic) bond motifs is 1. The lowest BCUT2D eigenvalue weighted by atomic mass is 10.3. The summed E-state index contributed by atoms with van der Waals surface area (Å²) in [4.78, 5) is 33.6. The third kappa shape index (κ3) is 4.42. The molecular formula is C19H17ClN8O3. The molecule has 0 aliphatic rings. The minimum absolute atomic E-state index is 0.0170. The van der Waals surface area contributed by atoms with E-state index in [9.17, 15) is 4.79 Å². The molecule has 11 nitrogen and oxygen atoms in total. The van der Waals surface area contributed by atoms with Crippen LogP contribution in [-0.2, 0) is 9.53 Å². The molecule has 1 amide bonds. The molecule has 4 heterocycles. The lowest BCUT2D eigenvalue weighted by Crippen LogP contribution is -2.37. The van der Waals surface area contributed by atoms with Crippen LogP contribution >= 0.6 is 11.6 Å². The predicted octanol–water partition coefficient (Wildman–Crippen LogP) is 1.99. The van der Waals surface area contributed by atoms with Crippen LogP contribution in [0.15, 0.2) is 43.2 Å². The Morgan fingerprint density at radius 3 is 2.81 bits per heavy atom. The molecule has 12 heteroatoms. The van der Waals surface area contributed by atoms with Crippen LogP contribution in [0.5, 0.6) is 5.88 Å². The van der Waals surface area contributed by atoms with Crippen LogP contribution in [0.3, 0.4) is 0 Å². The third-order valence-electron chi connectivity index (χ3n) is 4.17. The molecule has 0 bridgehead atoms. The van der Waals surface area contributed by atoms with Crippen molar-refractivity contribution in [3.05, 3.63) is 54.0 Å². The Labute approximate surface area is 181 Å². The number of anilines is 1. The Kier molecular flexibility index (Phi) is 5.96. The van der Waals surface area contributed by atoms with Crippen molar-refractivity contribution in [2.75, 3.05) is 19.0 Å². The van der Waals surface area contributed by atoms with Gasteiger partial charge in [-0.05, 0) is 19.1 Å². The number of amides is 1. The number of aromatic nitrogens is 7. The van der Waals surface area contributed by atoms with E-state index in [1.54, 1.807) is 31.5 Å². The molecule has 0 saturated heterocycles. The SMILES string of the molecule is COC[C@H](Oc1ncnc2c1cnn2-c1ncccc1Cl)C(=O)Nc1cnc(C)cn1. The van der Waals surface area contributed by atoms with Gasteiger partial charge in [-0.3, -0.25) is 9.78 Å². The average molecular weight is 441 g/mol. The van der Waals surface area contributed by atoms with Crippen molar-refractivity contribution in [1.82, 2.24) is 34.7 Å². The minimum Gasteiger partial charge on any atom is -0.461 e. The summed E-state index contributed by atoms with van der Waals surface area (Å²) in [7, 11) is 1.46. The summed E-state index contributed by atoms with van der Waals surface area (Å²) in [6.07, 6.45) is 6.42. The van der Waals surface area contributed by atoms with Gasteiger partial charge in [0.2, 0.25) is 12.0 Å². The zero-order valence-corrected chi connectivity index (χ0v) is 17.3. The number of hydrogen-bond donors (Lipinski definition) is 1. The van der Waals surface area contributed by atoms with Crippen molar-refractivity contribution < 1.29 is 14.3 Å². The fourth-order valence-electron chi connectivity index (χ4n) is 2.72. The Morgan fingerprint density at radius 2 is 2.06 bits per heavy atom. The Morgan fingerprint density at radius 1 is 1.19 bits per heavy atom. The summed E-state index contributed by atoms with van der Waals surface area (Å²) in [6, 6.07) is 3.41. The van der Waals surface area contributed by atoms with Gasteiger partial charge in [-0.15, -0.1) is 0 Å². The monoisotopic (exact) mass is 440 g/mol. The van der Waals surface area contributed by atoms with Crippen LogP contribution in [0.25, 0.3) is 16.9 Å². The van der Waals surface area contributed by atoms with Gasteiger partial charge in [0.25, 0.3) is 5.91 Å². The van der Waals surface area contributed by atoms with Gasteiger partial charge in [-0.25, -0.2) is 19.9 Å². The van der Waals surface area contributed by atoms with Crippen molar-refractivity contribution in [3.63, 3.8) is 0 Å². The van der Waals surface area contributed by atoms with Crippen molar-refractivity contribution in [3.8, 4) is 11.7 Å². The van der Waals surface area contributed by atoms with Crippen molar-refractivity contribution in [2.24, 2.45) is 0 Å². The van der Waals surface area contributed by atoms with E-state index >= 15 is 0 Å². The lowest BCUT2D eigenvalue weighted by molar-refractivity contribution is -0.125. The van der Waals surface area contributed by atoms with E-state index in [1.807, 2.05) is 0 Å². The molecule has 4 rings (SSSR count). The first kappa shape index (κ1) is 20.6. The number of nitrogens with zero attached hydrogens (tertiary/aromatic N) is 7. The highest BCUT2D eigenvalue weighted by molar-refractivity contribution is 6.32. The molecule has 0 fully saturated rings. The lowest BCUT2D eigenvalue weighted by Gasteiger charge is -2.17. The normalized spacial score (nSPS) is 12.0. The molecule has 4 aromatic rings. The van der Waals surface area contributed by atoms with Crippen LogP contribution in [0.1, 0.15) is 5.69 Å². The number of methoxy groups -OCH3 is 1. The minimum atomic E-state index is -1.01. The topological polar surface area (TPSA) is 130 Å². The van der Waals surface area contributed by atoms with Gasteiger partial charge in [-0.2, -0.15) is 9.78 Å². The summed E-state index contributed by atoms with van der Waals surface area (Å²) < 4.78 is 12.5. The van der Waals surface area contributed by atoms with Crippen LogP contribution in [-0.4, -0.2) is 60.4 Å². The first-order valence-electron chi connectivity index (χ1n) is 9.11. The van der Waals surface area contributed by atoms with E-state index in [0.29, 0.717) is 27.7 Å². The summed E-state index contributed by atoms with van der Waals surface area (Å²) in [5, 5.41) is 7.84. The van der Waals surface area contributed by atoms with E-state index < -0.39 is 12.0 Å². The molecule has 158 valence electrons. The van der Waals surface area contributed by atoms with Gasteiger partial charge in [0, 0.05) is 13.3 Å². The first-order chi connectivity index (χ1) is 15.1. The molecule has 1 atom stereocenters. The molecule has 0 saturated carbocycles. The van der Waals surface area contributed by atoms with Gasteiger partial charge in [0.1, 0.15) is 11.7 Å². The Hall–Kier alpha value is -3.70. The number of hydrogen-bond acceptors (Lipinski definition) is 9. The first-order valence-corrected chi connectivity index (χ1v) is 9.49. The highest BCUT2D eigenvalue weighted by Crippen LogP contribution is 2.26. The summed E-state index contributed by atoms with van der Waals surface area (Å²) >= 11 is 6.23. The molecule has 31 heavy (non-hydrogen) atoms. The number of aryl methyl sites for hydroxylation is 1. The maximum Gasteiger partial charge on any atom is 0.269 e. The second-order valence-corrected chi connectivity index (χ2v) is 6.78. The van der Waals surface area contributed by atoms with Crippen molar-refractivity contribution in [1.29, 1.82) is 0 Å². The smallest absolute Gasteiger partial charge is 0.269 e. The number of halogens is 1. The van der Waals surface area contributed by atoms with Gasteiger partial charge in [0.05, 0.1) is 35.9 Å². The summed E-state index contributed by atoms with van der Waals surface area (Å²) in [5.74, 6) is 0.404. The predicted molar refractivity (Wildman–Crippen MR) is 111 cm³/mol. The molecule has 0 unspecified atom stereocenters. The van der Waals surface area contributed by atoms with Crippen LogP contribution in [0.4, 0.5) is 5.82 Å². The molecule has 4 aromatic heterocycles. The Bertz CT molecular complexity index is 1210. The van der Waals surface area contributed by atoms with Crippen molar-refractivity contribution in [2.45, 2.75) is 13.0 Å². The summed E-state index contributed by atoms with van der Waals surface area (Å²) in [5.41, 5.74) is 1.16. The largest absolute Gasteiger partial charge is 0.461 e. The fourth-order valence-corrected chi connectivity index (χ4v) is 2.92. The van der Waals surface area contributed by atoms with E-state index in [-0.39, 0.29) is 12.5 Å². The second kappa shape index (κ2) is 8.98. The maximum atomic E-state index is 12.7. The van der Waals surface area contributed by atoms with Gasteiger partial charge >= 0.3 is 0 Å². The number of carbonyl (C=O) groups is 1. The van der Waals surface area contributed by atoms with Crippen LogP contribution in [0.2, 0.25) is 5.02 Å². The number of rotatable bonds is 7. The zero-order chi connectivity index (χ0) is 21.8. The maximum absolute atomic E-state index is 12.7. The van der Waals surface area contributed by atoms with E-state index in [1.165, 1.54) is 30.5 Å². The number of nitrogens with one attached hydrogen (secondary N) is 1. The number of carbonyl (C=O) groups excluding carboxylic acids is 1. The van der Waals surface area contributed by atoms with E-state index in [2.05, 4.69) is 35.3 Å². The Balaban J connectivity index is 1.62. The number of ether oxygens (including phenoxy) is 2. The van der Waals surface area contributed by atoms with Gasteiger partial charge < -0.3 is 14.8 Å². The molecule has 0 aliphatic heterocycles. The molecule has 0 radical (unpaired) electrons. The fraction of sp³-hybridized carbons (Fsp3) is 0.211. The molecule has 0 aromatic carbocycles. The average Bonchev–Trinajstić information content (AvgIpc) is 3.20. The highest BCUT2D eigenvalue weighted by Gasteiger charge is 2.24. The highest BCUT2D eigenvalue weighted by atomic mass is 35.5.